The Morgan fingerprint density at radius 1 is 0.793 bits per heavy atom. The van der Waals surface area contributed by atoms with Crippen molar-refractivity contribution >= 4 is 0 Å². The molecule has 4 fully saturated rings. The molecule has 0 aliphatic carbocycles. The van der Waals surface area contributed by atoms with Gasteiger partial charge in [0, 0.05) is 82.1 Å². The smallest absolute Gasteiger partial charge is 0.114 e. The zero-order valence-corrected chi connectivity index (χ0v) is 19.4. The van der Waals surface area contributed by atoms with E-state index in [1.54, 1.807) is 0 Å². The summed E-state index contributed by atoms with van der Waals surface area (Å²) in [7, 11) is 0. The number of hydrogen-bond donors (Lipinski definition) is 0. The zero-order valence-electron chi connectivity index (χ0n) is 19.4. The van der Waals surface area contributed by atoms with E-state index in [0.717, 1.165) is 51.8 Å². The number of rotatable bonds is 9. The summed E-state index contributed by atoms with van der Waals surface area (Å²) in [4.78, 5) is 10.3. The summed E-state index contributed by atoms with van der Waals surface area (Å²) < 4.78 is 19.2. The molecule has 4 aliphatic rings. The lowest BCUT2D eigenvalue weighted by Crippen LogP contribution is -2.70. The highest BCUT2D eigenvalue weighted by Crippen LogP contribution is 2.35. The highest BCUT2D eigenvalue weighted by Gasteiger charge is 2.45. The van der Waals surface area contributed by atoms with Crippen LogP contribution in [0.5, 0.6) is 0 Å². The van der Waals surface area contributed by atoms with Gasteiger partial charge >= 0.3 is 0 Å². The molecule has 4 aliphatic heterocycles. The molecule has 0 spiro atoms. The van der Waals surface area contributed by atoms with Gasteiger partial charge in [0.25, 0.3) is 0 Å². The van der Waals surface area contributed by atoms with Gasteiger partial charge in [-0.1, -0.05) is 0 Å². The Bertz CT molecular complexity index is 553. The Hall–Kier alpha value is -0.270. The lowest BCUT2D eigenvalue weighted by atomic mass is 9.83. The highest BCUT2D eigenvalue weighted by molar-refractivity contribution is 5.02. The van der Waals surface area contributed by atoms with E-state index in [0.29, 0.717) is 18.7 Å². The summed E-state index contributed by atoms with van der Waals surface area (Å²) in [6.07, 6.45) is 3.05. The number of ether oxygens (including phenoxy) is 1. The summed E-state index contributed by atoms with van der Waals surface area (Å²) >= 11 is 0. The van der Waals surface area contributed by atoms with Crippen LogP contribution in [0, 0.1) is 0 Å². The minimum absolute atomic E-state index is 0.231. The standard InChI is InChI=1S/C23H43FN4O/c1-6-29-21-16-26(17-21)20-14-28(15-20)23(4,5)9-8-22(2,3)27-12-19(13-27)25-10-7-18(24)11-25/h18-21H,6-17H2,1-5H3/t18-/m1/s1. The summed E-state index contributed by atoms with van der Waals surface area (Å²) in [6.45, 7) is 21.0. The maximum Gasteiger partial charge on any atom is 0.114 e. The van der Waals surface area contributed by atoms with Crippen LogP contribution < -0.4 is 0 Å². The Morgan fingerprint density at radius 3 is 1.76 bits per heavy atom. The maximum atomic E-state index is 13.5. The third-order valence-electron chi connectivity index (χ3n) is 8.26. The van der Waals surface area contributed by atoms with E-state index in [-0.39, 0.29) is 11.1 Å². The molecule has 29 heavy (non-hydrogen) atoms. The van der Waals surface area contributed by atoms with Crippen LogP contribution in [-0.4, -0.2) is 114 Å². The maximum absolute atomic E-state index is 13.5. The van der Waals surface area contributed by atoms with Gasteiger partial charge in [0.1, 0.15) is 6.17 Å². The molecular formula is C23H43FN4O. The first-order chi connectivity index (χ1) is 13.7. The lowest BCUT2D eigenvalue weighted by Gasteiger charge is -2.57. The number of hydrogen-bond acceptors (Lipinski definition) is 5. The fraction of sp³-hybridized carbons (Fsp3) is 1.00. The van der Waals surface area contributed by atoms with Gasteiger partial charge in [-0.15, -0.1) is 0 Å². The molecule has 0 aromatic heterocycles. The number of nitrogens with zero attached hydrogens (tertiary/aromatic N) is 4. The fourth-order valence-corrected chi connectivity index (χ4v) is 5.47. The average molecular weight is 411 g/mol. The molecule has 1 atom stereocenters. The van der Waals surface area contributed by atoms with Gasteiger partial charge in [-0.25, -0.2) is 4.39 Å². The summed E-state index contributed by atoms with van der Waals surface area (Å²) in [5.74, 6) is 0. The molecule has 0 aromatic rings. The lowest BCUT2D eigenvalue weighted by molar-refractivity contribution is -0.117. The first kappa shape index (κ1) is 21.9. The van der Waals surface area contributed by atoms with Gasteiger partial charge < -0.3 is 4.74 Å². The highest BCUT2D eigenvalue weighted by atomic mass is 19.1. The summed E-state index contributed by atoms with van der Waals surface area (Å²) in [6, 6.07) is 1.31. The van der Waals surface area contributed by atoms with Crippen LogP contribution in [0.25, 0.3) is 0 Å². The van der Waals surface area contributed by atoms with Gasteiger partial charge in [-0.3, -0.25) is 19.6 Å². The Morgan fingerprint density at radius 2 is 1.31 bits per heavy atom. The first-order valence-corrected chi connectivity index (χ1v) is 11.9. The Kier molecular flexibility index (Phi) is 6.31. The quantitative estimate of drug-likeness (QED) is 0.581. The predicted molar refractivity (Wildman–Crippen MR) is 116 cm³/mol. The second-order valence-corrected chi connectivity index (χ2v) is 11.2. The second kappa shape index (κ2) is 8.34. The van der Waals surface area contributed by atoms with Crippen LogP contribution in [0.3, 0.4) is 0 Å². The van der Waals surface area contributed by atoms with E-state index in [1.165, 1.54) is 25.9 Å². The van der Waals surface area contributed by atoms with Crippen molar-refractivity contribution in [2.45, 2.75) is 89.3 Å². The molecule has 0 bridgehead atoms. The molecule has 4 heterocycles. The van der Waals surface area contributed by atoms with Crippen LogP contribution in [0.4, 0.5) is 4.39 Å². The van der Waals surface area contributed by atoms with Crippen molar-refractivity contribution in [1.82, 2.24) is 19.6 Å². The van der Waals surface area contributed by atoms with Gasteiger partial charge in [-0.05, 0) is 53.9 Å². The van der Waals surface area contributed by atoms with E-state index in [9.17, 15) is 4.39 Å². The van der Waals surface area contributed by atoms with E-state index in [2.05, 4.69) is 54.2 Å². The molecule has 0 aromatic carbocycles. The monoisotopic (exact) mass is 410 g/mol. The molecule has 0 radical (unpaired) electrons. The topological polar surface area (TPSA) is 22.2 Å². The molecule has 0 unspecified atom stereocenters. The Labute approximate surface area is 177 Å². The SMILES string of the molecule is CCOC1CN(C2CN(C(C)(C)CCC(C)(C)N3CC(N4CC[C@@H](F)C4)C3)C2)C1. The predicted octanol–water partition coefficient (Wildman–Crippen LogP) is 2.46. The number of likely N-dealkylation sites (tertiary alicyclic amines) is 4. The minimum Gasteiger partial charge on any atom is -0.376 e. The third-order valence-corrected chi connectivity index (χ3v) is 8.26. The fourth-order valence-electron chi connectivity index (χ4n) is 5.47. The van der Waals surface area contributed by atoms with Crippen molar-refractivity contribution in [3.63, 3.8) is 0 Å². The molecule has 4 rings (SSSR count). The second-order valence-electron chi connectivity index (χ2n) is 11.2. The molecule has 4 saturated heterocycles. The van der Waals surface area contributed by atoms with E-state index < -0.39 is 6.17 Å². The zero-order chi connectivity index (χ0) is 20.8. The van der Waals surface area contributed by atoms with Gasteiger partial charge in [0.05, 0.1) is 6.10 Å². The van der Waals surface area contributed by atoms with Crippen LogP contribution in [-0.2, 0) is 4.74 Å². The summed E-state index contributed by atoms with van der Waals surface area (Å²) in [5.41, 5.74) is 0.494. The van der Waals surface area contributed by atoms with E-state index >= 15 is 0 Å². The van der Waals surface area contributed by atoms with Crippen molar-refractivity contribution < 1.29 is 9.13 Å². The molecule has 168 valence electrons. The molecule has 0 amide bonds. The minimum atomic E-state index is -0.598. The molecular weight excluding hydrogens is 367 g/mol. The molecule has 0 N–H and O–H groups in total. The van der Waals surface area contributed by atoms with Crippen molar-refractivity contribution in [3.05, 3.63) is 0 Å². The molecule has 5 nitrogen and oxygen atoms in total. The van der Waals surface area contributed by atoms with Crippen LogP contribution in [0.2, 0.25) is 0 Å². The third kappa shape index (κ3) is 4.67. The van der Waals surface area contributed by atoms with Crippen LogP contribution in [0.15, 0.2) is 0 Å². The van der Waals surface area contributed by atoms with Crippen molar-refractivity contribution in [2.75, 3.05) is 59.0 Å². The van der Waals surface area contributed by atoms with Gasteiger partial charge in [-0.2, -0.15) is 0 Å². The van der Waals surface area contributed by atoms with Gasteiger partial charge in [0.15, 0.2) is 0 Å². The van der Waals surface area contributed by atoms with Crippen LogP contribution >= 0.6 is 0 Å². The largest absolute Gasteiger partial charge is 0.376 e. The van der Waals surface area contributed by atoms with Gasteiger partial charge in [0.2, 0.25) is 0 Å². The van der Waals surface area contributed by atoms with Crippen LogP contribution in [0.1, 0.15) is 53.9 Å². The average Bonchev–Trinajstić information content (AvgIpc) is 2.93. The van der Waals surface area contributed by atoms with E-state index in [4.69, 9.17) is 4.74 Å². The normalized spacial score (nSPS) is 29.8. The molecule has 6 heteroatoms. The van der Waals surface area contributed by atoms with E-state index in [1.807, 2.05) is 0 Å². The van der Waals surface area contributed by atoms with Crippen molar-refractivity contribution in [2.24, 2.45) is 0 Å². The Balaban J connectivity index is 1.16. The number of alkyl halides is 1. The molecule has 0 saturated carbocycles. The summed E-state index contributed by atoms with van der Waals surface area (Å²) in [5, 5.41) is 0. The first-order valence-electron chi connectivity index (χ1n) is 11.9. The van der Waals surface area contributed by atoms with Crippen molar-refractivity contribution in [1.29, 1.82) is 0 Å². The van der Waals surface area contributed by atoms with Crippen molar-refractivity contribution in [3.8, 4) is 0 Å². The number of halogens is 1.